The summed E-state index contributed by atoms with van der Waals surface area (Å²) in [7, 11) is 0. The van der Waals surface area contributed by atoms with Crippen LogP contribution in [-0.2, 0) is 24.3 Å². The first-order chi connectivity index (χ1) is 17.4. The first-order valence-electron chi connectivity index (χ1n) is 12.7. The Morgan fingerprint density at radius 2 is 1.83 bits per heavy atom. The zero-order valence-electron chi connectivity index (χ0n) is 21.1. The maximum atomic E-state index is 13.3. The number of aryl methyl sites for hydroxylation is 3. The molecule has 0 aliphatic carbocycles. The van der Waals surface area contributed by atoms with Crippen LogP contribution in [0.15, 0.2) is 48.5 Å². The Balaban J connectivity index is 1.72. The highest BCUT2D eigenvalue weighted by molar-refractivity contribution is 6.31. The molecular formula is C29H31ClN4O2. The molecule has 2 aromatic heterocycles. The highest BCUT2D eigenvalue weighted by Gasteiger charge is 2.30. The largest absolute Gasteiger partial charge is 0.311 e. The average Bonchev–Trinajstić information content (AvgIpc) is 3.29. The van der Waals surface area contributed by atoms with E-state index in [0.717, 1.165) is 59.7 Å². The molecule has 0 saturated carbocycles. The fraction of sp³-hybridized carbons (Fsp3) is 0.345. The standard InChI is InChI=1S/C29H31ClN4O2/c1-4-24(35)28-27(20-11-7-6-8-12-20)22-13-9-10-16-32-25(31-34(28)29(22)32)18-33(26(36)5-2)23-17-21(30)15-14-19(23)3/h6-8,11-12,14-15,17H,4-5,9-10,13,16,18H2,1-3H3. The third-order valence-corrected chi connectivity index (χ3v) is 7.31. The number of hydrogen-bond donors (Lipinski definition) is 0. The molecule has 1 amide bonds. The number of rotatable bonds is 7. The minimum atomic E-state index is 0.00419. The zero-order valence-corrected chi connectivity index (χ0v) is 21.8. The van der Waals surface area contributed by atoms with E-state index in [-0.39, 0.29) is 11.7 Å². The number of amides is 1. The Morgan fingerprint density at radius 3 is 2.56 bits per heavy atom. The number of aromatic nitrogens is 3. The smallest absolute Gasteiger partial charge is 0.227 e. The molecule has 0 spiro atoms. The summed E-state index contributed by atoms with van der Waals surface area (Å²) < 4.78 is 4.07. The summed E-state index contributed by atoms with van der Waals surface area (Å²) in [5, 5.41) is 5.59. The summed E-state index contributed by atoms with van der Waals surface area (Å²) in [6, 6.07) is 15.8. The molecule has 5 rings (SSSR count). The Kier molecular flexibility index (Phi) is 6.71. The van der Waals surface area contributed by atoms with Crippen molar-refractivity contribution >= 4 is 34.6 Å². The number of nitrogens with zero attached hydrogens (tertiary/aromatic N) is 4. The van der Waals surface area contributed by atoms with Crippen molar-refractivity contribution in [3.05, 3.63) is 76.2 Å². The Labute approximate surface area is 216 Å². The van der Waals surface area contributed by atoms with Gasteiger partial charge in [-0.3, -0.25) is 9.59 Å². The van der Waals surface area contributed by atoms with E-state index in [1.54, 1.807) is 4.90 Å². The molecule has 36 heavy (non-hydrogen) atoms. The number of hydrogen-bond acceptors (Lipinski definition) is 3. The second-order valence-corrected chi connectivity index (χ2v) is 9.81. The van der Waals surface area contributed by atoms with E-state index in [0.29, 0.717) is 30.1 Å². The van der Waals surface area contributed by atoms with Crippen LogP contribution in [0.3, 0.4) is 0 Å². The van der Waals surface area contributed by atoms with Crippen molar-refractivity contribution in [2.75, 3.05) is 4.90 Å². The quantitative estimate of drug-likeness (QED) is 0.266. The number of carbonyl (C=O) groups is 2. The molecule has 0 radical (unpaired) electrons. The van der Waals surface area contributed by atoms with Crippen LogP contribution in [0, 0.1) is 6.92 Å². The topological polar surface area (TPSA) is 59.6 Å². The summed E-state index contributed by atoms with van der Waals surface area (Å²) in [6.45, 7) is 6.85. The lowest BCUT2D eigenvalue weighted by molar-refractivity contribution is -0.118. The molecule has 2 aromatic carbocycles. The number of ketones is 1. The van der Waals surface area contributed by atoms with Gasteiger partial charge in [0, 0.05) is 41.2 Å². The molecule has 0 bridgehead atoms. The fourth-order valence-electron chi connectivity index (χ4n) is 5.28. The highest BCUT2D eigenvalue weighted by atomic mass is 35.5. The van der Waals surface area contributed by atoms with Crippen molar-refractivity contribution in [3.8, 4) is 11.1 Å². The van der Waals surface area contributed by atoms with Gasteiger partial charge in [-0.25, -0.2) is 4.52 Å². The van der Waals surface area contributed by atoms with Crippen molar-refractivity contribution < 1.29 is 9.59 Å². The first kappa shape index (κ1) is 24.3. The maximum absolute atomic E-state index is 13.3. The van der Waals surface area contributed by atoms with E-state index in [2.05, 4.69) is 16.7 Å². The molecular weight excluding hydrogens is 472 g/mol. The lowest BCUT2D eigenvalue weighted by Crippen LogP contribution is -2.31. The predicted octanol–water partition coefficient (Wildman–Crippen LogP) is 6.64. The van der Waals surface area contributed by atoms with E-state index in [1.807, 2.05) is 61.7 Å². The lowest BCUT2D eigenvalue weighted by Gasteiger charge is -2.24. The monoisotopic (exact) mass is 502 g/mol. The third kappa shape index (κ3) is 4.13. The minimum absolute atomic E-state index is 0.00419. The predicted molar refractivity (Wildman–Crippen MR) is 144 cm³/mol. The molecule has 1 aliphatic heterocycles. The molecule has 0 unspecified atom stereocenters. The van der Waals surface area contributed by atoms with E-state index >= 15 is 0 Å². The minimum Gasteiger partial charge on any atom is -0.311 e. The molecule has 0 saturated heterocycles. The third-order valence-electron chi connectivity index (χ3n) is 7.07. The van der Waals surface area contributed by atoms with Crippen LogP contribution in [-0.4, -0.2) is 25.9 Å². The van der Waals surface area contributed by atoms with Crippen LogP contribution in [0.25, 0.3) is 16.8 Å². The number of Topliss-reactive ketones (excluding diaryl/α,β-unsaturated/α-hetero) is 1. The molecule has 6 nitrogen and oxygen atoms in total. The van der Waals surface area contributed by atoms with Gasteiger partial charge in [-0.2, -0.15) is 5.10 Å². The van der Waals surface area contributed by atoms with Gasteiger partial charge >= 0.3 is 0 Å². The van der Waals surface area contributed by atoms with E-state index in [1.165, 1.54) is 5.56 Å². The molecule has 3 heterocycles. The van der Waals surface area contributed by atoms with Gasteiger partial charge in [0.05, 0.1) is 6.54 Å². The zero-order chi connectivity index (χ0) is 25.4. The maximum Gasteiger partial charge on any atom is 0.227 e. The van der Waals surface area contributed by atoms with Gasteiger partial charge in [-0.15, -0.1) is 0 Å². The van der Waals surface area contributed by atoms with Crippen LogP contribution in [0.5, 0.6) is 0 Å². The molecule has 1 aliphatic rings. The van der Waals surface area contributed by atoms with Crippen molar-refractivity contribution in [1.82, 2.24) is 14.2 Å². The second kappa shape index (κ2) is 9.94. The normalized spacial score (nSPS) is 13.1. The summed E-state index contributed by atoms with van der Waals surface area (Å²) in [6.07, 6.45) is 3.70. The summed E-state index contributed by atoms with van der Waals surface area (Å²) in [5.41, 5.74) is 6.60. The van der Waals surface area contributed by atoms with Crippen LogP contribution in [0.4, 0.5) is 5.69 Å². The van der Waals surface area contributed by atoms with E-state index < -0.39 is 0 Å². The summed E-state index contributed by atoms with van der Waals surface area (Å²) in [4.78, 5) is 28.2. The lowest BCUT2D eigenvalue weighted by atomic mass is 9.96. The number of anilines is 1. The van der Waals surface area contributed by atoms with Gasteiger partial charge in [0.2, 0.25) is 5.91 Å². The van der Waals surface area contributed by atoms with Gasteiger partial charge in [0.25, 0.3) is 0 Å². The molecule has 186 valence electrons. The molecule has 0 atom stereocenters. The van der Waals surface area contributed by atoms with Crippen LogP contribution < -0.4 is 4.90 Å². The van der Waals surface area contributed by atoms with E-state index in [9.17, 15) is 9.59 Å². The Bertz CT molecular complexity index is 1450. The second-order valence-electron chi connectivity index (χ2n) is 9.37. The van der Waals surface area contributed by atoms with E-state index in [4.69, 9.17) is 16.7 Å². The molecule has 4 aromatic rings. The first-order valence-corrected chi connectivity index (χ1v) is 13.1. The van der Waals surface area contributed by atoms with Gasteiger partial charge in [-0.1, -0.05) is 61.8 Å². The van der Waals surface area contributed by atoms with Gasteiger partial charge in [-0.05, 0) is 49.4 Å². The van der Waals surface area contributed by atoms with Crippen molar-refractivity contribution in [2.45, 2.75) is 66.0 Å². The SMILES string of the molecule is CCC(=O)c1c(-c2ccccc2)c2c3n(c(CN(C(=O)CC)c4cc(Cl)ccc4C)nn13)CCCC2. The Hall–Kier alpha value is -3.38. The average molecular weight is 503 g/mol. The van der Waals surface area contributed by atoms with Crippen LogP contribution >= 0.6 is 11.6 Å². The van der Waals surface area contributed by atoms with Gasteiger partial charge in [0.15, 0.2) is 11.6 Å². The molecule has 0 N–H and O–H groups in total. The summed E-state index contributed by atoms with van der Waals surface area (Å²) >= 11 is 6.32. The Morgan fingerprint density at radius 1 is 1.06 bits per heavy atom. The number of halogens is 1. The highest BCUT2D eigenvalue weighted by Crippen LogP contribution is 2.37. The molecule has 7 heteroatoms. The number of benzene rings is 2. The fourth-order valence-corrected chi connectivity index (χ4v) is 5.44. The van der Waals surface area contributed by atoms with Crippen molar-refractivity contribution in [3.63, 3.8) is 0 Å². The molecule has 0 fully saturated rings. The van der Waals surface area contributed by atoms with Crippen LogP contribution in [0.2, 0.25) is 5.02 Å². The van der Waals surface area contributed by atoms with Crippen molar-refractivity contribution in [1.29, 1.82) is 0 Å². The number of carbonyl (C=O) groups excluding carboxylic acids is 2. The van der Waals surface area contributed by atoms with Crippen LogP contribution in [0.1, 0.15) is 67.0 Å². The summed E-state index contributed by atoms with van der Waals surface area (Å²) in [5.74, 6) is 0.850. The van der Waals surface area contributed by atoms with Gasteiger partial charge < -0.3 is 9.47 Å². The van der Waals surface area contributed by atoms with Crippen molar-refractivity contribution in [2.24, 2.45) is 0 Å². The van der Waals surface area contributed by atoms with Gasteiger partial charge in [0.1, 0.15) is 11.3 Å².